The summed E-state index contributed by atoms with van der Waals surface area (Å²) in [5.74, 6) is -2.29. The second-order valence-corrected chi connectivity index (χ2v) is 4.13. The van der Waals surface area contributed by atoms with Crippen molar-refractivity contribution >= 4 is 11.9 Å². The topological polar surface area (TPSA) is 124 Å². The van der Waals surface area contributed by atoms with Crippen molar-refractivity contribution in [1.29, 1.82) is 0 Å². The molecule has 0 saturated heterocycles. The van der Waals surface area contributed by atoms with E-state index in [-0.39, 0.29) is 0 Å². The minimum Gasteiger partial charge on any atom is -0.479 e. The average Bonchev–Trinajstić information content (AvgIpc) is 2.35. The summed E-state index contributed by atoms with van der Waals surface area (Å²) in [7, 11) is 3.25. The van der Waals surface area contributed by atoms with Crippen molar-refractivity contribution in [3.05, 3.63) is 0 Å². The normalized spacial score (nSPS) is 12.1. The van der Waals surface area contributed by atoms with Crippen LogP contribution in [0.3, 0.4) is 0 Å². The van der Waals surface area contributed by atoms with Gasteiger partial charge in [-0.25, -0.2) is 9.59 Å². The zero-order valence-corrected chi connectivity index (χ0v) is 12.7. The van der Waals surface area contributed by atoms with Gasteiger partial charge in [-0.05, 0) is 13.3 Å². The molecule has 0 aliphatic carbocycles. The highest BCUT2D eigenvalue weighted by molar-refractivity contribution is 5.71. The number of aliphatic hydroxyl groups is 2. The van der Waals surface area contributed by atoms with E-state index < -0.39 is 24.1 Å². The van der Waals surface area contributed by atoms with E-state index in [1.54, 1.807) is 14.2 Å². The maximum Gasteiger partial charge on any atom is 0.332 e. The number of carbonyl (C=O) groups is 2. The van der Waals surface area contributed by atoms with Gasteiger partial charge in [0.25, 0.3) is 0 Å². The van der Waals surface area contributed by atoms with Gasteiger partial charge in [0.1, 0.15) is 6.10 Å². The van der Waals surface area contributed by atoms with Gasteiger partial charge in [0.15, 0.2) is 6.10 Å². The maximum absolute atomic E-state index is 10.1. The molecule has 0 spiro atoms. The summed E-state index contributed by atoms with van der Waals surface area (Å²) in [6.45, 7) is 3.29. The Morgan fingerprint density at radius 2 is 1.40 bits per heavy atom. The van der Waals surface area contributed by atoms with E-state index in [1.807, 2.05) is 0 Å². The molecule has 0 radical (unpaired) electrons. The fourth-order valence-corrected chi connectivity index (χ4v) is 0.888. The van der Waals surface area contributed by atoms with Gasteiger partial charge in [0.2, 0.25) is 0 Å². The van der Waals surface area contributed by atoms with Crippen LogP contribution in [0.4, 0.5) is 0 Å². The minimum absolute atomic E-state index is 0.384. The lowest BCUT2D eigenvalue weighted by molar-refractivity contribution is -0.147. The summed E-state index contributed by atoms with van der Waals surface area (Å²) in [5, 5.41) is 32.9. The number of hydrogen-bond acceptors (Lipinski definition) is 5. The Bertz CT molecular complexity index is 229. The summed E-state index contributed by atoms with van der Waals surface area (Å²) < 4.78 is 4.25. The van der Waals surface area contributed by atoms with Gasteiger partial charge in [0.05, 0.1) is 0 Å². The first-order chi connectivity index (χ1) is 9.24. The molecule has 2 atom stereocenters. The van der Waals surface area contributed by atoms with E-state index in [9.17, 15) is 9.59 Å². The molecule has 0 aliphatic rings. The van der Waals surface area contributed by atoms with Crippen molar-refractivity contribution in [3.8, 4) is 0 Å². The van der Waals surface area contributed by atoms with E-state index in [0.717, 1.165) is 25.7 Å². The van der Waals surface area contributed by atoms with Crippen LogP contribution >= 0.6 is 0 Å². The monoisotopic (exact) mass is 296 g/mol. The van der Waals surface area contributed by atoms with Crippen LogP contribution in [0.5, 0.6) is 0 Å². The van der Waals surface area contributed by atoms with Gasteiger partial charge in [-0.15, -0.1) is 0 Å². The number of methoxy groups -OCH3 is 1. The van der Waals surface area contributed by atoms with Gasteiger partial charge >= 0.3 is 11.9 Å². The fourth-order valence-electron chi connectivity index (χ4n) is 0.888. The molecule has 0 bridgehead atoms. The van der Waals surface area contributed by atoms with Crippen molar-refractivity contribution in [2.75, 3.05) is 14.2 Å². The Labute approximate surface area is 120 Å². The number of aliphatic carboxylic acids is 2. The summed E-state index contributed by atoms with van der Waals surface area (Å²) in [6.07, 6.45) is 2.06. The molecular weight excluding hydrogens is 268 g/mol. The van der Waals surface area contributed by atoms with E-state index >= 15 is 0 Å². The van der Waals surface area contributed by atoms with Crippen molar-refractivity contribution in [2.45, 2.75) is 58.2 Å². The molecular formula is C13H28O7. The lowest BCUT2D eigenvalue weighted by atomic mass is 10.1. The van der Waals surface area contributed by atoms with Crippen LogP contribution in [0.2, 0.25) is 0 Å². The Balaban J connectivity index is -0.000000270. The summed E-state index contributed by atoms with van der Waals surface area (Å²) in [6, 6.07) is 0. The third-order valence-corrected chi connectivity index (χ3v) is 1.97. The standard InChI is InChI=1S/C8H16O3.C3H6O3.C2H6O/c1-2-3-4-5-6-7(9)8(10)11;1-2(4)3(5)6;1-3-2/h7,9H,2-6H2,1H3,(H,10,11);2,4H,1H3,(H,5,6);1-2H3. The molecule has 20 heavy (non-hydrogen) atoms. The molecule has 0 aliphatic heterocycles. The fraction of sp³-hybridized carbons (Fsp3) is 0.846. The molecule has 4 N–H and O–H groups in total. The average molecular weight is 296 g/mol. The first-order valence-electron chi connectivity index (χ1n) is 6.46. The summed E-state index contributed by atoms with van der Waals surface area (Å²) in [5.41, 5.74) is 0. The highest BCUT2D eigenvalue weighted by Crippen LogP contribution is 2.05. The van der Waals surface area contributed by atoms with Crippen LogP contribution in [0.1, 0.15) is 46.0 Å². The quantitative estimate of drug-likeness (QED) is 0.519. The number of rotatable bonds is 7. The summed E-state index contributed by atoms with van der Waals surface area (Å²) >= 11 is 0. The van der Waals surface area contributed by atoms with Crippen LogP contribution in [0, 0.1) is 0 Å². The van der Waals surface area contributed by atoms with Crippen molar-refractivity contribution in [2.24, 2.45) is 0 Å². The largest absolute Gasteiger partial charge is 0.479 e. The first kappa shape index (κ1) is 23.9. The van der Waals surface area contributed by atoms with Crippen LogP contribution < -0.4 is 0 Å². The molecule has 0 rings (SSSR count). The first-order valence-corrected chi connectivity index (χ1v) is 6.46. The molecule has 7 nitrogen and oxygen atoms in total. The second-order valence-electron chi connectivity index (χ2n) is 4.13. The smallest absolute Gasteiger partial charge is 0.332 e. The predicted molar refractivity (Wildman–Crippen MR) is 74.7 cm³/mol. The van der Waals surface area contributed by atoms with Crippen LogP contribution in [0.25, 0.3) is 0 Å². The molecule has 122 valence electrons. The molecule has 7 heteroatoms. The lowest BCUT2D eigenvalue weighted by Crippen LogP contribution is -2.18. The Morgan fingerprint density at radius 3 is 1.65 bits per heavy atom. The molecule has 0 amide bonds. The van der Waals surface area contributed by atoms with Gasteiger partial charge in [-0.2, -0.15) is 0 Å². The molecule has 0 aromatic heterocycles. The number of hydrogen-bond donors (Lipinski definition) is 4. The number of ether oxygens (including phenoxy) is 1. The molecule has 0 aromatic carbocycles. The van der Waals surface area contributed by atoms with Crippen molar-refractivity contribution in [3.63, 3.8) is 0 Å². The predicted octanol–water partition coefficient (Wildman–Crippen LogP) is 1.12. The van der Waals surface area contributed by atoms with Gasteiger partial charge in [-0.3, -0.25) is 0 Å². The SMILES string of the molecule is CC(O)C(=O)O.CCCCCCC(O)C(=O)O.COC. The molecule has 2 unspecified atom stereocenters. The third-order valence-electron chi connectivity index (χ3n) is 1.97. The number of carboxylic acids is 2. The number of unbranched alkanes of at least 4 members (excludes halogenated alkanes) is 3. The van der Waals surface area contributed by atoms with Crippen LogP contribution in [-0.4, -0.2) is 58.8 Å². The van der Waals surface area contributed by atoms with Crippen molar-refractivity contribution in [1.82, 2.24) is 0 Å². The number of aliphatic hydroxyl groups excluding tert-OH is 2. The Kier molecular flexibility index (Phi) is 21.3. The Hall–Kier alpha value is -1.18. The zero-order valence-electron chi connectivity index (χ0n) is 12.7. The number of carboxylic acid groups (broad SMARTS) is 2. The molecule has 0 aromatic rings. The second kappa shape index (κ2) is 17.8. The van der Waals surface area contributed by atoms with E-state index in [0.29, 0.717) is 6.42 Å². The third kappa shape index (κ3) is 25.6. The molecule has 0 fully saturated rings. The van der Waals surface area contributed by atoms with E-state index in [1.165, 1.54) is 6.92 Å². The van der Waals surface area contributed by atoms with E-state index in [2.05, 4.69) is 11.7 Å². The maximum atomic E-state index is 10.1. The lowest BCUT2D eigenvalue weighted by Gasteiger charge is -2.03. The Morgan fingerprint density at radius 1 is 1.00 bits per heavy atom. The van der Waals surface area contributed by atoms with Crippen molar-refractivity contribution < 1.29 is 34.8 Å². The van der Waals surface area contributed by atoms with Gasteiger partial charge in [0, 0.05) is 14.2 Å². The minimum atomic E-state index is -1.23. The van der Waals surface area contributed by atoms with Crippen LogP contribution in [-0.2, 0) is 14.3 Å². The van der Waals surface area contributed by atoms with Crippen LogP contribution in [0.15, 0.2) is 0 Å². The highest BCUT2D eigenvalue weighted by Gasteiger charge is 2.11. The van der Waals surface area contributed by atoms with Gasteiger partial charge in [-0.1, -0.05) is 32.6 Å². The summed E-state index contributed by atoms with van der Waals surface area (Å²) in [4.78, 5) is 19.6. The highest BCUT2D eigenvalue weighted by atomic mass is 16.5. The zero-order chi connectivity index (χ0) is 16.6. The molecule has 0 heterocycles. The van der Waals surface area contributed by atoms with E-state index in [4.69, 9.17) is 20.4 Å². The van der Waals surface area contributed by atoms with Gasteiger partial charge < -0.3 is 25.2 Å². The molecule has 0 saturated carbocycles.